The largest absolute Gasteiger partial charge is 0.353 e. The highest BCUT2D eigenvalue weighted by Gasteiger charge is 2.23. The van der Waals surface area contributed by atoms with Crippen molar-refractivity contribution in [1.29, 1.82) is 0 Å². The molecule has 2 heterocycles. The zero-order chi connectivity index (χ0) is 16.8. The molecule has 0 aromatic carbocycles. The van der Waals surface area contributed by atoms with Gasteiger partial charge in [0.25, 0.3) is 0 Å². The molecule has 2 aliphatic rings. The normalized spacial score (nSPS) is 21.5. The number of H-pyrrole nitrogens is 1. The molecule has 5 heteroatoms. The highest BCUT2D eigenvalue weighted by atomic mass is 16.1. The van der Waals surface area contributed by atoms with Gasteiger partial charge >= 0.3 is 0 Å². The number of nitrogens with one attached hydrogen (secondary N) is 2. The highest BCUT2D eigenvalue weighted by molar-refractivity contribution is 5.76. The number of rotatable bonds is 5. The number of likely N-dealkylation sites (tertiary alicyclic amines) is 1. The smallest absolute Gasteiger partial charge is 0.221 e. The Labute approximate surface area is 145 Å². The van der Waals surface area contributed by atoms with Crippen molar-refractivity contribution < 1.29 is 4.79 Å². The van der Waals surface area contributed by atoms with E-state index in [0.29, 0.717) is 18.4 Å². The van der Waals surface area contributed by atoms with Gasteiger partial charge in [0.15, 0.2) is 0 Å². The first-order valence-corrected chi connectivity index (χ1v) is 9.74. The minimum atomic E-state index is 0.244. The summed E-state index contributed by atoms with van der Waals surface area (Å²) < 4.78 is 0. The first kappa shape index (κ1) is 17.5. The van der Waals surface area contributed by atoms with Crippen molar-refractivity contribution in [2.45, 2.75) is 76.7 Å². The third-order valence-corrected chi connectivity index (χ3v) is 5.74. The Hall–Kier alpha value is -1.36. The van der Waals surface area contributed by atoms with Crippen LogP contribution in [0.15, 0.2) is 6.20 Å². The van der Waals surface area contributed by atoms with E-state index in [1.54, 1.807) is 0 Å². The number of piperidine rings is 1. The molecule has 0 unspecified atom stereocenters. The van der Waals surface area contributed by atoms with E-state index in [9.17, 15) is 4.79 Å². The van der Waals surface area contributed by atoms with E-state index < -0.39 is 0 Å². The van der Waals surface area contributed by atoms with Gasteiger partial charge in [-0.2, -0.15) is 5.10 Å². The average molecular weight is 332 g/mol. The zero-order valence-electron chi connectivity index (χ0n) is 15.0. The second-order valence-electron chi connectivity index (χ2n) is 7.59. The Bertz CT molecular complexity index is 511. The van der Waals surface area contributed by atoms with Gasteiger partial charge in [-0.3, -0.25) is 9.89 Å². The maximum Gasteiger partial charge on any atom is 0.221 e. The maximum atomic E-state index is 12.2. The van der Waals surface area contributed by atoms with Gasteiger partial charge in [0.2, 0.25) is 5.91 Å². The number of carbonyl (C=O) groups is 1. The molecule has 24 heavy (non-hydrogen) atoms. The van der Waals surface area contributed by atoms with Gasteiger partial charge in [0, 0.05) is 30.6 Å². The molecule has 1 amide bonds. The van der Waals surface area contributed by atoms with Crippen molar-refractivity contribution in [3.63, 3.8) is 0 Å². The van der Waals surface area contributed by atoms with E-state index in [1.807, 2.05) is 6.20 Å². The molecule has 1 aliphatic carbocycles. The lowest BCUT2D eigenvalue weighted by Crippen LogP contribution is -2.39. The predicted molar refractivity (Wildman–Crippen MR) is 96.0 cm³/mol. The molecule has 1 aromatic heterocycles. The Morgan fingerprint density at radius 1 is 1.21 bits per heavy atom. The molecular weight excluding hydrogens is 300 g/mol. The topological polar surface area (TPSA) is 61.0 Å². The lowest BCUT2D eigenvalue weighted by atomic mass is 9.91. The van der Waals surface area contributed by atoms with Crippen LogP contribution in [0.3, 0.4) is 0 Å². The maximum absolute atomic E-state index is 12.2. The minimum Gasteiger partial charge on any atom is -0.353 e. The van der Waals surface area contributed by atoms with Crippen LogP contribution < -0.4 is 5.32 Å². The van der Waals surface area contributed by atoms with Crippen LogP contribution >= 0.6 is 0 Å². The average Bonchev–Trinajstić information content (AvgIpc) is 2.86. The summed E-state index contributed by atoms with van der Waals surface area (Å²) in [7, 11) is 0. The zero-order valence-corrected chi connectivity index (χ0v) is 15.0. The summed E-state index contributed by atoms with van der Waals surface area (Å²) in [6.07, 6.45) is 12.4. The summed E-state index contributed by atoms with van der Waals surface area (Å²) in [5, 5.41) is 10.6. The Balaban J connectivity index is 1.35. The summed E-state index contributed by atoms with van der Waals surface area (Å²) in [5.74, 6) is 0.844. The molecule has 0 atom stereocenters. The molecule has 1 saturated carbocycles. The van der Waals surface area contributed by atoms with E-state index in [4.69, 9.17) is 0 Å². The molecule has 3 rings (SSSR count). The fourth-order valence-corrected chi connectivity index (χ4v) is 4.20. The predicted octanol–water partition coefficient (Wildman–Crippen LogP) is 3.13. The molecule has 1 saturated heterocycles. The number of aryl methyl sites for hydroxylation is 1. The Morgan fingerprint density at radius 3 is 2.54 bits per heavy atom. The van der Waals surface area contributed by atoms with E-state index in [1.165, 1.54) is 49.8 Å². The standard InChI is InChI=1S/C19H32N4O/c1-15-14-20-22-19(15)16-8-11-23(12-9-16)13-10-18(24)21-17-6-4-2-3-5-7-17/h14,16-17H,2-13H2,1H3,(H,20,22)(H,21,24). The molecular formula is C19H32N4O. The fraction of sp³-hybridized carbons (Fsp3) is 0.789. The van der Waals surface area contributed by atoms with Crippen LogP contribution in [-0.2, 0) is 4.79 Å². The number of nitrogens with zero attached hydrogens (tertiary/aromatic N) is 2. The van der Waals surface area contributed by atoms with Crippen LogP contribution in [0.2, 0.25) is 0 Å². The summed E-state index contributed by atoms with van der Waals surface area (Å²) in [4.78, 5) is 14.7. The van der Waals surface area contributed by atoms with Gasteiger partial charge in [-0.15, -0.1) is 0 Å². The second-order valence-corrected chi connectivity index (χ2v) is 7.59. The van der Waals surface area contributed by atoms with Gasteiger partial charge in [-0.1, -0.05) is 25.7 Å². The van der Waals surface area contributed by atoms with Crippen LogP contribution in [0.1, 0.15) is 75.0 Å². The molecule has 0 bridgehead atoms. The molecule has 0 spiro atoms. The molecule has 1 aromatic rings. The van der Waals surface area contributed by atoms with Crippen LogP contribution in [0.4, 0.5) is 0 Å². The molecule has 2 N–H and O–H groups in total. The third kappa shape index (κ3) is 4.82. The number of hydrogen-bond donors (Lipinski definition) is 2. The lowest BCUT2D eigenvalue weighted by molar-refractivity contribution is -0.122. The molecule has 5 nitrogen and oxygen atoms in total. The quantitative estimate of drug-likeness (QED) is 0.815. The first-order valence-electron chi connectivity index (χ1n) is 9.74. The lowest BCUT2D eigenvalue weighted by Gasteiger charge is -2.31. The van der Waals surface area contributed by atoms with Crippen LogP contribution in [0.5, 0.6) is 0 Å². The van der Waals surface area contributed by atoms with Gasteiger partial charge in [0.1, 0.15) is 0 Å². The summed E-state index contributed by atoms with van der Waals surface area (Å²) in [6, 6.07) is 0.425. The fourth-order valence-electron chi connectivity index (χ4n) is 4.20. The second kappa shape index (κ2) is 8.65. The number of carbonyl (C=O) groups excluding carboxylic acids is 1. The van der Waals surface area contributed by atoms with Gasteiger partial charge < -0.3 is 10.2 Å². The van der Waals surface area contributed by atoms with E-state index >= 15 is 0 Å². The number of hydrogen-bond acceptors (Lipinski definition) is 3. The van der Waals surface area contributed by atoms with Gasteiger partial charge in [-0.05, 0) is 51.3 Å². The minimum absolute atomic E-state index is 0.244. The van der Waals surface area contributed by atoms with E-state index in [0.717, 1.165) is 32.5 Å². The molecule has 2 fully saturated rings. The third-order valence-electron chi connectivity index (χ3n) is 5.74. The van der Waals surface area contributed by atoms with Crippen molar-refractivity contribution >= 4 is 5.91 Å². The monoisotopic (exact) mass is 332 g/mol. The van der Waals surface area contributed by atoms with Crippen molar-refractivity contribution in [2.24, 2.45) is 0 Å². The Morgan fingerprint density at radius 2 is 1.92 bits per heavy atom. The molecule has 0 radical (unpaired) electrons. The summed E-state index contributed by atoms with van der Waals surface area (Å²) >= 11 is 0. The summed E-state index contributed by atoms with van der Waals surface area (Å²) in [5.41, 5.74) is 2.58. The van der Waals surface area contributed by atoms with Crippen molar-refractivity contribution in [3.8, 4) is 0 Å². The number of aromatic nitrogens is 2. The SMILES string of the molecule is Cc1cn[nH]c1C1CCN(CCC(=O)NC2CCCCCC2)CC1. The van der Waals surface area contributed by atoms with Crippen LogP contribution in [-0.4, -0.2) is 46.7 Å². The number of amides is 1. The summed E-state index contributed by atoms with van der Waals surface area (Å²) in [6.45, 7) is 5.19. The highest BCUT2D eigenvalue weighted by Crippen LogP contribution is 2.28. The van der Waals surface area contributed by atoms with Crippen molar-refractivity contribution in [1.82, 2.24) is 20.4 Å². The van der Waals surface area contributed by atoms with Gasteiger partial charge in [0.05, 0.1) is 6.20 Å². The van der Waals surface area contributed by atoms with Crippen molar-refractivity contribution in [2.75, 3.05) is 19.6 Å². The Kier molecular flexibility index (Phi) is 6.30. The van der Waals surface area contributed by atoms with Crippen LogP contribution in [0.25, 0.3) is 0 Å². The van der Waals surface area contributed by atoms with Crippen molar-refractivity contribution in [3.05, 3.63) is 17.5 Å². The molecule has 134 valence electrons. The molecule has 1 aliphatic heterocycles. The first-order chi connectivity index (χ1) is 11.7. The van der Waals surface area contributed by atoms with E-state index in [2.05, 4.69) is 27.3 Å². The number of aromatic amines is 1. The van der Waals surface area contributed by atoms with E-state index in [-0.39, 0.29) is 5.91 Å². The van der Waals surface area contributed by atoms with Gasteiger partial charge in [-0.25, -0.2) is 0 Å². The van der Waals surface area contributed by atoms with Crippen LogP contribution in [0, 0.1) is 6.92 Å².